The fourth-order valence-electron chi connectivity index (χ4n) is 3.32. The van der Waals surface area contributed by atoms with E-state index in [1.165, 1.54) is 6.07 Å². The number of rotatable bonds is 9. The van der Waals surface area contributed by atoms with Crippen LogP contribution in [0.1, 0.15) is 37.2 Å². The fourth-order valence-corrected chi connectivity index (χ4v) is 5.03. The molecule has 0 N–H and O–H groups in total. The average Bonchev–Trinajstić information content (AvgIpc) is 3.19. The smallest absolute Gasteiger partial charge is 0.340 e. The van der Waals surface area contributed by atoms with Crippen LogP contribution < -0.4 is 4.18 Å². The molecule has 0 aliphatic carbocycles. The maximum atomic E-state index is 12.8. The Kier molecular flexibility index (Phi) is 7.64. The molecule has 1 aromatic heterocycles. The van der Waals surface area contributed by atoms with E-state index in [4.69, 9.17) is 20.2 Å². The van der Waals surface area contributed by atoms with Crippen molar-refractivity contribution >= 4 is 27.6 Å². The Morgan fingerprint density at radius 1 is 1.09 bits per heavy atom. The lowest BCUT2D eigenvalue weighted by Gasteiger charge is -2.23. The second-order valence-corrected chi connectivity index (χ2v) is 9.89. The minimum absolute atomic E-state index is 0.0120. The highest BCUT2D eigenvalue weighted by atomic mass is 35.5. The van der Waals surface area contributed by atoms with Gasteiger partial charge in [-0.25, -0.2) is 0 Å². The highest BCUT2D eigenvalue weighted by Gasteiger charge is 2.23. The van der Waals surface area contributed by atoms with Crippen LogP contribution in [0.25, 0.3) is 0 Å². The van der Waals surface area contributed by atoms with Crippen LogP contribution in [-0.4, -0.2) is 19.2 Å². The molecule has 0 spiro atoms. The molecule has 0 aliphatic rings. The number of nitrogens with zero attached hydrogens (tertiary/aromatic N) is 1. The summed E-state index contributed by atoms with van der Waals surface area (Å²) in [7, 11) is -4.12. The quantitative estimate of drug-likeness (QED) is 0.377. The van der Waals surface area contributed by atoms with Crippen molar-refractivity contribution in [3.05, 3.63) is 82.8 Å². The summed E-state index contributed by atoms with van der Waals surface area (Å²) in [6.07, 6.45) is 1.97. The minimum Gasteiger partial charge on any atom is -0.467 e. The van der Waals surface area contributed by atoms with E-state index >= 15 is 0 Å². The second-order valence-electron chi connectivity index (χ2n) is 8.00. The molecular formula is C24H26ClNO5S. The van der Waals surface area contributed by atoms with Gasteiger partial charge < -0.3 is 13.5 Å². The zero-order valence-corrected chi connectivity index (χ0v) is 19.8. The van der Waals surface area contributed by atoms with Crippen molar-refractivity contribution in [3.63, 3.8) is 0 Å². The van der Waals surface area contributed by atoms with Crippen LogP contribution in [0.4, 0.5) is 0 Å². The summed E-state index contributed by atoms with van der Waals surface area (Å²) in [5, 5.41) is 0.102. The van der Waals surface area contributed by atoms with E-state index in [2.05, 4.69) is 0 Å². The van der Waals surface area contributed by atoms with Gasteiger partial charge in [0.2, 0.25) is 5.91 Å². The topological polar surface area (TPSA) is 76.8 Å². The van der Waals surface area contributed by atoms with Crippen LogP contribution in [-0.2, 0) is 28.0 Å². The molecular weight excluding hydrogens is 450 g/mol. The third-order valence-electron chi connectivity index (χ3n) is 4.75. The molecule has 0 saturated heterocycles. The molecule has 0 radical (unpaired) electrons. The monoisotopic (exact) mass is 475 g/mol. The van der Waals surface area contributed by atoms with Gasteiger partial charge in [0.1, 0.15) is 16.4 Å². The highest BCUT2D eigenvalue weighted by Crippen LogP contribution is 2.28. The van der Waals surface area contributed by atoms with Gasteiger partial charge in [0.15, 0.2) is 0 Å². The lowest BCUT2D eigenvalue weighted by Crippen LogP contribution is -2.30. The van der Waals surface area contributed by atoms with E-state index in [0.717, 1.165) is 5.56 Å². The first-order valence-corrected chi connectivity index (χ1v) is 12.0. The van der Waals surface area contributed by atoms with Crippen molar-refractivity contribution in [3.8, 4) is 5.75 Å². The Morgan fingerprint density at radius 2 is 1.84 bits per heavy atom. The van der Waals surface area contributed by atoms with Crippen molar-refractivity contribution in [1.82, 2.24) is 4.90 Å². The molecule has 0 saturated carbocycles. The standard InChI is InChI=1S/C24H26ClNO5S/c1-17(2)13-23(27)26(16-21-10-6-12-30-21)15-19-8-5-9-20(14-19)31-32(28,29)24-18(3)7-4-11-22(24)25/h4-12,14,17H,13,15-16H2,1-3H3. The average molecular weight is 476 g/mol. The first-order valence-electron chi connectivity index (χ1n) is 10.2. The van der Waals surface area contributed by atoms with Crippen molar-refractivity contribution in [1.29, 1.82) is 0 Å². The SMILES string of the molecule is Cc1cccc(Cl)c1S(=O)(=O)Oc1cccc(CN(Cc2ccco2)C(=O)CC(C)C)c1. The Balaban J connectivity index is 1.82. The molecule has 8 heteroatoms. The Labute approximate surface area is 193 Å². The van der Waals surface area contributed by atoms with Crippen molar-refractivity contribution < 1.29 is 21.8 Å². The van der Waals surface area contributed by atoms with Gasteiger partial charge in [0.25, 0.3) is 0 Å². The van der Waals surface area contributed by atoms with Gasteiger partial charge >= 0.3 is 10.1 Å². The van der Waals surface area contributed by atoms with Crippen LogP contribution >= 0.6 is 11.6 Å². The molecule has 3 aromatic rings. The largest absolute Gasteiger partial charge is 0.467 e. The van der Waals surface area contributed by atoms with E-state index < -0.39 is 10.1 Å². The number of halogens is 1. The highest BCUT2D eigenvalue weighted by molar-refractivity contribution is 7.87. The van der Waals surface area contributed by atoms with Gasteiger partial charge in [-0.3, -0.25) is 4.79 Å². The number of amides is 1. The predicted octanol–water partition coefficient (Wildman–Crippen LogP) is 5.58. The minimum atomic E-state index is -4.12. The third-order valence-corrected chi connectivity index (χ3v) is 6.63. The van der Waals surface area contributed by atoms with Crippen LogP contribution in [0.2, 0.25) is 5.02 Å². The van der Waals surface area contributed by atoms with Crippen molar-refractivity contribution in [2.75, 3.05) is 0 Å². The predicted molar refractivity (Wildman–Crippen MR) is 123 cm³/mol. The van der Waals surface area contributed by atoms with Crippen LogP contribution in [0.5, 0.6) is 5.75 Å². The molecule has 170 valence electrons. The fraction of sp³-hybridized carbons (Fsp3) is 0.292. The van der Waals surface area contributed by atoms with Crippen LogP contribution in [0.15, 0.2) is 70.2 Å². The molecule has 0 fully saturated rings. The maximum Gasteiger partial charge on any atom is 0.340 e. The Bertz CT molecular complexity index is 1150. The zero-order chi connectivity index (χ0) is 23.3. The molecule has 1 amide bonds. The van der Waals surface area contributed by atoms with Gasteiger partial charge in [-0.2, -0.15) is 8.42 Å². The number of hydrogen-bond acceptors (Lipinski definition) is 5. The van der Waals surface area contributed by atoms with Crippen molar-refractivity contribution in [2.24, 2.45) is 5.92 Å². The zero-order valence-electron chi connectivity index (χ0n) is 18.2. The first-order chi connectivity index (χ1) is 15.2. The van der Waals surface area contributed by atoms with Gasteiger partial charge in [-0.1, -0.05) is 49.7 Å². The molecule has 3 rings (SSSR count). The number of carbonyl (C=O) groups excluding carboxylic acids is 1. The second kappa shape index (κ2) is 10.2. The van der Waals surface area contributed by atoms with E-state index in [1.54, 1.807) is 54.5 Å². The first kappa shape index (κ1) is 23.9. The summed E-state index contributed by atoms with van der Waals surface area (Å²) in [5.74, 6) is 1.02. The number of furan rings is 1. The Morgan fingerprint density at radius 3 is 2.50 bits per heavy atom. The normalized spacial score (nSPS) is 11.5. The van der Waals surface area contributed by atoms with E-state index in [9.17, 15) is 13.2 Å². The van der Waals surface area contributed by atoms with Gasteiger partial charge in [0.05, 0.1) is 17.8 Å². The van der Waals surface area contributed by atoms with Gasteiger partial charge in [-0.15, -0.1) is 0 Å². The van der Waals surface area contributed by atoms with E-state index in [1.807, 2.05) is 26.0 Å². The lowest BCUT2D eigenvalue weighted by molar-refractivity contribution is -0.133. The van der Waals surface area contributed by atoms with Crippen LogP contribution in [0, 0.1) is 12.8 Å². The summed E-state index contributed by atoms with van der Waals surface area (Å²) in [6, 6.07) is 15.1. The number of hydrogen-bond donors (Lipinski definition) is 0. The molecule has 0 bridgehead atoms. The van der Waals surface area contributed by atoms with E-state index in [0.29, 0.717) is 24.3 Å². The van der Waals surface area contributed by atoms with E-state index in [-0.39, 0.29) is 34.0 Å². The Hall–Kier alpha value is -2.77. The molecule has 6 nitrogen and oxygen atoms in total. The number of benzene rings is 2. The maximum absolute atomic E-state index is 12.8. The third kappa shape index (κ3) is 6.14. The summed E-state index contributed by atoms with van der Waals surface area (Å²) < 4.78 is 36.4. The summed E-state index contributed by atoms with van der Waals surface area (Å²) in [4.78, 5) is 14.4. The number of aryl methyl sites for hydroxylation is 1. The summed E-state index contributed by atoms with van der Waals surface area (Å²) >= 11 is 6.11. The van der Waals surface area contributed by atoms with Crippen LogP contribution in [0.3, 0.4) is 0 Å². The molecule has 0 unspecified atom stereocenters. The molecule has 0 atom stereocenters. The van der Waals surface area contributed by atoms with Crippen molar-refractivity contribution in [2.45, 2.75) is 45.2 Å². The summed E-state index contributed by atoms with van der Waals surface area (Å²) in [5.41, 5.74) is 1.23. The summed E-state index contributed by atoms with van der Waals surface area (Å²) in [6.45, 7) is 6.23. The molecule has 2 aromatic carbocycles. The number of carbonyl (C=O) groups is 1. The van der Waals surface area contributed by atoms with Gasteiger partial charge in [0, 0.05) is 13.0 Å². The lowest BCUT2D eigenvalue weighted by atomic mass is 10.1. The van der Waals surface area contributed by atoms with Gasteiger partial charge in [-0.05, 0) is 54.3 Å². The molecule has 0 aliphatic heterocycles. The molecule has 32 heavy (non-hydrogen) atoms. The molecule has 1 heterocycles.